The third-order valence-corrected chi connectivity index (χ3v) is 3.19. The molecule has 0 amide bonds. The molecule has 1 saturated carbocycles. The second-order valence-corrected chi connectivity index (χ2v) is 4.48. The summed E-state index contributed by atoms with van der Waals surface area (Å²) in [4.78, 5) is 4.48. The van der Waals surface area contributed by atoms with E-state index in [1.165, 1.54) is 32.1 Å². The fraction of sp³-hybridized carbons (Fsp3) is 0.818. The fourth-order valence-corrected chi connectivity index (χ4v) is 2.27. The van der Waals surface area contributed by atoms with E-state index < -0.39 is 0 Å². The first-order chi connectivity index (χ1) is 7.81. The second kappa shape index (κ2) is 5.41. The zero-order valence-electron chi connectivity index (χ0n) is 9.78. The van der Waals surface area contributed by atoms with Crippen molar-refractivity contribution in [3.05, 3.63) is 11.6 Å². The number of H-pyrrole nitrogens is 1. The summed E-state index contributed by atoms with van der Waals surface area (Å²) in [6, 6.07) is -0.224. The minimum absolute atomic E-state index is 0.224. The number of rotatable bonds is 4. The highest BCUT2D eigenvalue weighted by molar-refractivity contribution is 5.01. The number of hydrogen-bond acceptors (Lipinski definition) is 4. The SMILES string of the molecule is COCC(N)c1n[nH]c(C2CCCCC2)n1. The molecule has 0 saturated heterocycles. The highest BCUT2D eigenvalue weighted by Crippen LogP contribution is 2.30. The third kappa shape index (κ3) is 2.59. The molecule has 1 aromatic rings. The summed E-state index contributed by atoms with van der Waals surface area (Å²) in [5.41, 5.74) is 5.88. The van der Waals surface area contributed by atoms with Crippen LogP contribution < -0.4 is 5.73 Å². The number of nitrogens with zero attached hydrogens (tertiary/aromatic N) is 2. The van der Waals surface area contributed by atoms with Crippen LogP contribution in [-0.2, 0) is 4.74 Å². The van der Waals surface area contributed by atoms with Crippen molar-refractivity contribution in [3.8, 4) is 0 Å². The maximum Gasteiger partial charge on any atom is 0.169 e. The molecule has 3 N–H and O–H groups in total. The maximum absolute atomic E-state index is 5.88. The van der Waals surface area contributed by atoms with Gasteiger partial charge in [0.25, 0.3) is 0 Å². The molecule has 5 nitrogen and oxygen atoms in total. The molecule has 5 heteroatoms. The molecule has 0 bridgehead atoms. The average molecular weight is 224 g/mol. The average Bonchev–Trinajstić information content (AvgIpc) is 2.80. The van der Waals surface area contributed by atoms with Gasteiger partial charge in [-0.05, 0) is 12.8 Å². The van der Waals surface area contributed by atoms with Gasteiger partial charge in [-0.3, -0.25) is 5.10 Å². The van der Waals surface area contributed by atoms with E-state index >= 15 is 0 Å². The number of nitrogens with one attached hydrogen (secondary N) is 1. The van der Waals surface area contributed by atoms with Crippen LogP contribution in [0.25, 0.3) is 0 Å². The fourth-order valence-electron chi connectivity index (χ4n) is 2.27. The van der Waals surface area contributed by atoms with E-state index in [9.17, 15) is 0 Å². The normalized spacial score (nSPS) is 19.9. The van der Waals surface area contributed by atoms with Crippen LogP contribution in [0.4, 0.5) is 0 Å². The Morgan fingerprint density at radius 3 is 2.88 bits per heavy atom. The van der Waals surface area contributed by atoms with Crippen LogP contribution in [0.5, 0.6) is 0 Å². The molecule has 1 fully saturated rings. The summed E-state index contributed by atoms with van der Waals surface area (Å²) in [6.45, 7) is 0.460. The molecule has 1 aliphatic carbocycles. The lowest BCUT2D eigenvalue weighted by molar-refractivity contribution is 0.178. The van der Waals surface area contributed by atoms with E-state index in [2.05, 4.69) is 15.2 Å². The van der Waals surface area contributed by atoms with E-state index in [-0.39, 0.29) is 6.04 Å². The highest BCUT2D eigenvalue weighted by atomic mass is 16.5. The van der Waals surface area contributed by atoms with Crippen LogP contribution in [0.2, 0.25) is 0 Å². The molecule has 90 valence electrons. The first-order valence-electron chi connectivity index (χ1n) is 5.98. The Morgan fingerprint density at radius 2 is 2.19 bits per heavy atom. The zero-order chi connectivity index (χ0) is 11.4. The van der Waals surface area contributed by atoms with E-state index in [1.54, 1.807) is 7.11 Å². The van der Waals surface area contributed by atoms with Crippen molar-refractivity contribution in [2.45, 2.75) is 44.1 Å². The van der Waals surface area contributed by atoms with Crippen LogP contribution in [0.3, 0.4) is 0 Å². The Labute approximate surface area is 95.8 Å². The highest BCUT2D eigenvalue weighted by Gasteiger charge is 2.20. The standard InChI is InChI=1S/C11H20N4O/c1-16-7-9(12)11-13-10(14-15-11)8-5-3-2-4-6-8/h8-9H,2-7,12H2,1H3,(H,13,14,15). The van der Waals surface area contributed by atoms with Gasteiger partial charge in [0.2, 0.25) is 0 Å². The molecule has 1 atom stereocenters. The third-order valence-electron chi connectivity index (χ3n) is 3.19. The largest absolute Gasteiger partial charge is 0.383 e. The molecule has 0 radical (unpaired) electrons. The lowest BCUT2D eigenvalue weighted by Crippen LogP contribution is -2.17. The van der Waals surface area contributed by atoms with Gasteiger partial charge in [0.15, 0.2) is 5.82 Å². The smallest absolute Gasteiger partial charge is 0.169 e. The number of hydrogen-bond donors (Lipinski definition) is 2. The molecule has 0 aliphatic heterocycles. The van der Waals surface area contributed by atoms with Gasteiger partial charge in [0, 0.05) is 13.0 Å². The predicted octanol–water partition coefficient (Wildman–Crippen LogP) is 1.50. The molecule has 0 spiro atoms. The molecule has 0 aromatic carbocycles. The van der Waals surface area contributed by atoms with Crippen molar-refractivity contribution in [1.82, 2.24) is 15.2 Å². The molecule has 1 aromatic heterocycles. The van der Waals surface area contributed by atoms with Crippen LogP contribution in [0.1, 0.15) is 55.7 Å². The van der Waals surface area contributed by atoms with E-state index in [4.69, 9.17) is 10.5 Å². The first-order valence-corrected chi connectivity index (χ1v) is 5.98. The minimum atomic E-state index is -0.224. The van der Waals surface area contributed by atoms with Crippen molar-refractivity contribution in [1.29, 1.82) is 0 Å². The lowest BCUT2D eigenvalue weighted by atomic mass is 9.89. The van der Waals surface area contributed by atoms with Crippen LogP contribution in [0.15, 0.2) is 0 Å². The van der Waals surface area contributed by atoms with Crippen molar-refractivity contribution < 1.29 is 4.74 Å². The van der Waals surface area contributed by atoms with Gasteiger partial charge in [0.05, 0.1) is 12.6 Å². The van der Waals surface area contributed by atoms with E-state index in [0.717, 1.165) is 5.82 Å². The zero-order valence-corrected chi connectivity index (χ0v) is 9.78. The monoisotopic (exact) mass is 224 g/mol. The van der Waals surface area contributed by atoms with Crippen LogP contribution in [0, 0.1) is 0 Å². The van der Waals surface area contributed by atoms with E-state index in [0.29, 0.717) is 18.3 Å². The van der Waals surface area contributed by atoms with Gasteiger partial charge in [-0.2, -0.15) is 5.10 Å². The summed E-state index contributed by atoms with van der Waals surface area (Å²) in [7, 11) is 1.63. The Morgan fingerprint density at radius 1 is 1.44 bits per heavy atom. The lowest BCUT2D eigenvalue weighted by Gasteiger charge is -2.18. The quantitative estimate of drug-likeness (QED) is 0.812. The number of nitrogens with two attached hydrogens (primary N) is 1. The Hall–Kier alpha value is -0.940. The van der Waals surface area contributed by atoms with Gasteiger partial charge >= 0.3 is 0 Å². The molecule has 1 heterocycles. The molecular formula is C11H20N4O. The summed E-state index contributed by atoms with van der Waals surface area (Å²) in [5, 5.41) is 7.19. The van der Waals surface area contributed by atoms with E-state index in [1.807, 2.05) is 0 Å². The molecule has 1 aliphatic rings. The van der Waals surface area contributed by atoms with Gasteiger partial charge in [-0.15, -0.1) is 0 Å². The Bertz CT molecular complexity index is 320. The predicted molar refractivity (Wildman–Crippen MR) is 61.0 cm³/mol. The number of methoxy groups -OCH3 is 1. The van der Waals surface area contributed by atoms with Crippen molar-refractivity contribution in [3.63, 3.8) is 0 Å². The van der Waals surface area contributed by atoms with Crippen molar-refractivity contribution in [2.75, 3.05) is 13.7 Å². The number of ether oxygens (including phenoxy) is 1. The Balaban J connectivity index is 2.00. The van der Waals surface area contributed by atoms with Crippen LogP contribution >= 0.6 is 0 Å². The number of aromatic nitrogens is 3. The summed E-state index contributed by atoms with van der Waals surface area (Å²) in [6.07, 6.45) is 6.37. The van der Waals surface area contributed by atoms with Gasteiger partial charge in [-0.25, -0.2) is 4.98 Å². The van der Waals surface area contributed by atoms with Crippen molar-refractivity contribution >= 4 is 0 Å². The van der Waals surface area contributed by atoms with Crippen LogP contribution in [-0.4, -0.2) is 28.9 Å². The van der Waals surface area contributed by atoms with Crippen molar-refractivity contribution in [2.24, 2.45) is 5.73 Å². The van der Waals surface area contributed by atoms with Gasteiger partial charge in [-0.1, -0.05) is 19.3 Å². The summed E-state index contributed by atoms with van der Waals surface area (Å²) < 4.78 is 4.99. The second-order valence-electron chi connectivity index (χ2n) is 4.48. The number of aromatic amines is 1. The first kappa shape index (κ1) is 11.5. The maximum atomic E-state index is 5.88. The molecule has 2 rings (SSSR count). The van der Waals surface area contributed by atoms with Gasteiger partial charge in [0.1, 0.15) is 5.82 Å². The van der Waals surface area contributed by atoms with Gasteiger partial charge < -0.3 is 10.5 Å². The minimum Gasteiger partial charge on any atom is -0.383 e. The molecular weight excluding hydrogens is 204 g/mol. The topological polar surface area (TPSA) is 76.8 Å². The summed E-state index contributed by atoms with van der Waals surface area (Å²) >= 11 is 0. The molecule has 16 heavy (non-hydrogen) atoms. The Kier molecular flexibility index (Phi) is 3.90. The summed E-state index contributed by atoms with van der Waals surface area (Å²) in [5.74, 6) is 2.22. The molecule has 1 unspecified atom stereocenters.